The van der Waals surface area contributed by atoms with Gasteiger partial charge in [0.2, 0.25) is 0 Å². The van der Waals surface area contributed by atoms with Crippen LogP contribution in [0.25, 0.3) is 0 Å². The molecule has 2 unspecified atom stereocenters. The van der Waals surface area contributed by atoms with Gasteiger partial charge in [0.1, 0.15) is 5.60 Å². The van der Waals surface area contributed by atoms with Gasteiger partial charge in [-0.05, 0) is 43.9 Å². The minimum absolute atomic E-state index is 0.0700. The van der Waals surface area contributed by atoms with E-state index in [1.807, 2.05) is 0 Å². The Kier molecular flexibility index (Phi) is 1.59. The first-order valence-electron chi connectivity index (χ1n) is 5.71. The predicted molar refractivity (Wildman–Crippen MR) is 55.6 cm³/mol. The molecule has 0 aromatic heterocycles. The van der Waals surface area contributed by atoms with E-state index in [0.29, 0.717) is 0 Å². The number of ether oxygens (including phenoxy) is 1. The van der Waals surface area contributed by atoms with E-state index in [2.05, 4.69) is 6.58 Å². The summed E-state index contributed by atoms with van der Waals surface area (Å²) in [6.45, 7) is 3.70. The first kappa shape index (κ1) is 8.78. The standard InChI is InChI=1S/C12H19NO/c1-2-14-12-6-9-3-10(7-12)5-11(13,4-9)8-12/h2,9-10H,1,3-8,13H2. The van der Waals surface area contributed by atoms with Crippen molar-refractivity contribution in [3.63, 3.8) is 0 Å². The molecule has 14 heavy (non-hydrogen) atoms. The second-order valence-corrected chi connectivity index (χ2v) is 5.79. The Labute approximate surface area is 85.5 Å². The fourth-order valence-electron chi connectivity index (χ4n) is 4.56. The molecule has 2 nitrogen and oxygen atoms in total. The average Bonchev–Trinajstić information content (AvgIpc) is 1.97. The molecule has 4 fully saturated rings. The Balaban J connectivity index is 1.92. The maximum absolute atomic E-state index is 6.42. The molecule has 0 amide bonds. The van der Waals surface area contributed by atoms with Crippen LogP contribution in [0.15, 0.2) is 12.8 Å². The Morgan fingerprint density at radius 3 is 2.36 bits per heavy atom. The zero-order valence-corrected chi connectivity index (χ0v) is 8.67. The van der Waals surface area contributed by atoms with Crippen molar-refractivity contribution in [2.24, 2.45) is 17.6 Å². The molecule has 0 saturated heterocycles. The molecule has 4 rings (SSSR count). The number of nitrogens with two attached hydrogens (primary N) is 1. The monoisotopic (exact) mass is 193 g/mol. The summed E-state index contributed by atoms with van der Waals surface area (Å²) in [4.78, 5) is 0. The van der Waals surface area contributed by atoms with Crippen LogP contribution in [0.3, 0.4) is 0 Å². The topological polar surface area (TPSA) is 35.2 Å². The third-order valence-electron chi connectivity index (χ3n) is 4.39. The maximum atomic E-state index is 6.42. The highest BCUT2D eigenvalue weighted by Gasteiger charge is 2.57. The predicted octanol–water partition coefficient (Wildman–Crippen LogP) is 2.20. The summed E-state index contributed by atoms with van der Waals surface area (Å²) in [5.41, 5.74) is 6.58. The lowest BCUT2D eigenvalue weighted by molar-refractivity contribution is -0.138. The van der Waals surface area contributed by atoms with Gasteiger partial charge in [0.25, 0.3) is 0 Å². The van der Waals surface area contributed by atoms with Crippen molar-refractivity contribution >= 4 is 0 Å². The lowest BCUT2D eigenvalue weighted by Crippen LogP contribution is -2.63. The van der Waals surface area contributed by atoms with Gasteiger partial charge in [0, 0.05) is 12.0 Å². The third-order valence-corrected chi connectivity index (χ3v) is 4.39. The highest BCUT2D eigenvalue weighted by molar-refractivity contribution is 5.12. The second kappa shape index (κ2) is 2.54. The molecular formula is C12H19NO. The molecule has 0 aromatic carbocycles. The number of rotatable bonds is 2. The summed E-state index contributed by atoms with van der Waals surface area (Å²) in [5, 5.41) is 0. The van der Waals surface area contributed by atoms with E-state index in [-0.39, 0.29) is 11.1 Å². The maximum Gasteiger partial charge on any atom is 0.110 e. The average molecular weight is 193 g/mol. The molecule has 2 atom stereocenters. The van der Waals surface area contributed by atoms with Crippen molar-refractivity contribution in [2.45, 2.75) is 49.7 Å². The van der Waals surface area contributed by atoms with E-state index in [1.54, 1.807) is 6.26 Å². The molecule has 0 aromatic rings. The molecule has 0 aliphatic heterocycles. The van der Waals surface area contributed by atoms with Crippen LogP contribution >= 0.6 is 0 Å². The Morgan fingerprint density at radius 1 is 1.21 bits per heavy atom. The molecule has 2 heteroatoms. The van der Waals surface area contributed by atoms with Crippen LogP contribution in [-0.2, 0) is 4.74 Å². The molecule has 4 aliphatic rings. The van der Waals surface area contributed by atoms with Crippen LogP contribution in [-0.4, -0.2) is 11.1 Å². The van der Waals surface area contributed by atoms with E-state index in [9.17, 15) is 0 Å². The van der Waals surface area contributed by atoms with Gasteiger partial charge in [-0.2, -0.15) is 0 Å². The summed E-state index contributed by atoms with van der Waals surface area (Å²) in [6.07, 6.45) is 8.96. The van der Waals surface area contributed by atoms with Crippen molar-refractivity contribution in [3.8, 4) is 0 Å². The number of hydrogen-bond donors (Lipinski definition) is 1. The van der Waals surface area contributed by atoms with Gasteiger partial charge in [-0.25, -0.2) is 0 Å². The molecule has 2 N–H and O–H groups in total. The molecule has 4 saturated carbocycles. The molecule has 0 heterocycles. The van der Waals surface area contributed by atoms with Gasteiger partial charge in [-0.3, -0.25) is 0 Å². The van der Waals surface area contributed by atoms with Gasteiger partial charge in [0.15, 0.2) is 0 Å². The molecular weight excluding hydrogens is 174 g/mol. The van der Waals surface area contributed by atoms with Crippen molar-refractivity contribution < 1.29 is 4.74 Å². The summed E-state index contributed by atoms with van der Waals surface area (Å²) in [5.74, 6) is 1.64. The van der Waals surface area contributed by atoms with Crippen LogP contribution in [0.1, 0.15) is 38.5 Å². The molecule has 78 valence electrons. The van der Waals surface area contributed by atoms with Crippen molar-refractivity contribution in [1.29, 1.82) is 0 Å². The highest BCUT2D eigenvalue weighted by Crippen LogP contribution is 2.57. The minimum Gasteiger partial charge on any atom is -0.495 e. The SMILES string of the molecule is C=COC12CC3CC(CC(N)(C3)C1)C2. The van der Waals surface area contributed by atoms with E-state index in [4.69, 9.17) is 10.5 Å². The Bertz CT molecular complexity index is 259. The van der Waals surface area contributed by atoms with E-state index in [1.165, 1.54) is 32.1 Å². The summed E-state index contributed by atoms with van der Waals surface area (Å²) in [7, 11) is 0. The lowest BCUT2D eigenvalue weighted by Gasteiger charge is -2.60. The zero-order chi connectivity index (χ0) is 9.81. The molecule has 4 bridgehead atoms. The molecule has 0 spiro atoms. The van der Waals surface area contributed by atoms with Gasteiger partial charge in [-0.15, -0.1) is 0 Å². The zero-order valence-electron chi connectivity index (χ0n) is 8.67. The van der Waals surface area contributed by atoms with E-state index >= 15 is 0 Å². The first-order chi connectivity index (χ1) is 6.63. The van der Waals surface area contributed by atoms with Gasteiger partial charge in [0.05, 0.1) is 6.26 Å². The van der Waals surface area contributed by atoms with Gasteiger partial charge >= 0.3 is 0 Å². The van der Waals surface area contributed by atoms with Crippen LogP contribution in [0.2, 0.25) is 0 Å². The van der Waals surface area contributed by atoms with Crippen molar-refractivity contribution in [2.75, 3.05) is 0 Å². The van der Waals surface area contributed by atoms with Crippen LogP contribution in [0.5, 0.6) is 0 Å². The Morgan fingerprint density at radius 2 is 1.86 bits per heavy atom. The minimum atomic E-state index is 0.0700. The quantitative estimate of drug-likeness (QED) is 0.682. The smallest absolute Gasteiger partial charge is 0.110 e. The van der Waals surface area contributed by atoms with Gasteiger partial charge in [-0.1, -0.05) is 6.58 Å². The van der Waals surface area contributed by atoms with Crippen molar-refractivity contribution in [1.82, 2.24) is 0 Å². The summed E-state index contributed by atoms with van der Waals surface area (Å²) in [6, 6.07) is 0. The van der Waals surface area contributed by atoms with Crippen LogP contribution in [0.4, 0.5) is 0 Å². The van der Waals surface area contributed by atoms with Crippen LogP contribution < -0.4 is 5.73 Å². The summed E-state index contributed by atoms with van der Waals surface area (Å²) >= 11 is 0. The third kappa shape index (κ3) is 1.13. The highest BCUT2D eigenvalue weighted by atomic mass is 16.5. The van der Waals surface area contributed by atoms with Crippen molar-refractivity contribution in [3.05, 3.63) is 12.8 Å². The van der Waals surface area contributed by atoms with E-state index < -0.39 is 0 Å². The van der Waals surface area contributed by atoms with Gasteiger partial charge < -0.3 is 10.5 Å². The Hall–Kier alpha value is -0.500. The molecule has 0 radical (unpaired) electrons. The first-order valence-corrected chi connectivity index (χ1v) is 5.71. The molecule has 4 aliphatic carbocycles. The van der Waals surface area contributed by atoms with E-state index in [0.717, 1.165) is 18.3 Å². The second-order valence-electron chi connectivity index (χ2n) is 5.79. The summed E-state index contributed by atoms with van der Waals surface area (Å²) < 4.78 is 5.79. The normalized spacial score (nSPS) is 54.6. The largest absolute Gasteiger partial charge is 0.495 e. The van der Waals surface area contributed by atoms with Crippen LogP contribution in [0, 0.1) is 11.8 Å². The fourth-order valence-corrected chi connectivity index (χ4v) is 4.56. The fraction of sp³-hybridized carbons (Fsp3) is 0.833. The lowest BCUT2D eigenvalue weighted by atomic mass is 9.51. The number of hydrogen-bond acceptors (Lipinski definition) is 2.